The lowest BCUT2D eigenvalue weighted by atomic mass is 10.00. The van der Waals surface area contributed by atoms with Crippen LogP contribution in [-0.4, -0.2) is 11.2 Å². The molecule has 0 spiro atoms. The molecule has 0 radical (unpaired) electrons. The maximum absolute atomic E-state index is 10.2. The molecular formula is C14H17ClO. The van der Waals surface area contributed by atoms with Crippen LogP contribution in [-0.2, 0) is 6.42 Å². The number of aliphatic hydroxyl groups excluding tert-OH is 1. The van der Waals surface area contributed by atoms with Crippen LogP contribution in [0.15, 0.2) is 24.3 Å². The van der Waals surface area contributed by atoms with Gasteiger partial charge in [0, 0.05) is 5.02 Å². The van der Waals surface area contributed by atoms with Gasteiger partial charge in [0.05, 0.1) is 6.10 Å². The third-order valence-corrected chi connectivity index (χ3v) is 4.49. The highest BCUT2D eigenvalue weighted by Gasteiger charge is 2.55. The first-order chi connectivity index (χ1) is 7.75. The van der Waals surface area contributed by atoms with E-state index in [9.17, 15) is 5.11 Å². The number of benzene rings is 1. The van der Waals surface area contributed by atoms with Crippen molar-refractivity contribution < 1.29 is 5.11 Å². The summed E-state index contributed by atoms with van der Waals surface area (Å²) < 4.78 is 0. The molecule has 3 rings (SSSR count). The molecule has 3 unspecified atom stereocenters. The summed E-state index contributed by atoms with van der Waals surface area (Å²) in [6.07, 6.45) is 4.64. The Kier molecular flexibility index (Phi) is 2.68. The molecule has 0 amide bonds. The lowest BCUT2D eigenvalue weighted by Crippen LogP contribution is -2.16. The first-order valence-electron chi connectivity index (χ1n) is 6.18. The smallest absolute Gasteiger partial charge is 0.0614 e. The highest BCUT2D eigenvalue weighted by Crippen LogP contribution is 2.59. The molecule has 1 aromatic rings. The third kappa shape index (κ3) is 1.87. The van der Waals surface area contributed by atoms with Crippen molar-refractivity contribution in [2.24, 2.45) is 17.8 Å². The monoisotopic (exact) mass is 236 g/mol. The molecule has 0 aliphatic heterocycles. The van der Waals surface area contributed by atoms with Crippen LogP contribution in [0.1, 0.15) is 24.8 Å². The zero-order valence-electron chi connectivity index (χ0n) is 9.27. The molecule has 1 nitrogen and oxygen atoms in total. The Hall–Kier alpha value is -0.530. The largest absolute Gasteiger partial charge is 0.392 e. The van der Waals surface area contributed by atoms with Gasteiger partial charge in [-0.1, -0.05) is 30.2 Å². The van der Waals surface area contributed by atoms with E-state index in [-0.39, 0.29) is 6.10 Å². The lowest BCUT2D eigenvalue weighted by molar-refractivity contribution is 0.135. The predicted molar refractivity (Wildman–Crippen MR) is 65.5 cm³/mol. The van der Waals surface area contributed by atoms with Crippen LogP contribution in [0.4, 0.5) is 0 Å². The number of hydrogen-bond donors (Lipinski definition) is 1. The maximum Gasteiger partial charge on any atom is 0.0614 e. The van der Waals surface area contributed by atoms with E-state index in [2.05, 4.69) is 0 Å². The Bertz CT molecular complexity index is 380. The first kappa shape index (κ1) is 10.6. The second-order valence-electron chi connectivity index (χ2n) is 5.24. The van der Waals surface area contributed by atoms with Gasteiger partial charge in [0.1, 0.15) is 0 Å². The van der Waals surface area contributed by atoms with Crippen LogP contribution in [0.3, 0.4) is 0 Å². The van der Waals surface area contributed by atoms with Crippen molar-refractivity contribution in [2.45, 2.75) is 31.8 Å². The number of aliphatic hydroxyl groups is 1. The lowest BCUT2D eigenvalue weighted by Gasteiger charge is -2.12. The zero-order chi connectivity index (χ0) is 11.1. The number of halogens is 1. The van der Waals surface area contributed by atoms with E-state index in [1.165, 1.54) is 19.3 Å². The van der Waals surface area contributed by atoms with E-state index >= 15 is 0 Å². The van der Waals surface area contributed by atoms with Crippen molar-refractivity contribution in [3.8, 4) is 0 Å². The molecule has 0 heterocycles. The summed E-state index contributed by atoms with van der Waals surface area (Å²) in [5.41, 5.74) is 1.16. The summed E-state index contributed by atoms with van der Waals surface area (Å²) in [7, 11) is 0. The highest BCUT2D eigenvalue weighted by molar-refractivity contribution is 6.30. The third-order valence-electron chi connectivity index (χ3n) is 4.25. The topological polar surface area (TPSA) is 20.2 Å². The molecule has 0 saturated heterocycles. The summed E-state index contributed by atoms with van der Waals surface area (Å²) in [4.78, 5) is 0. The van der Waals surface area contributed by atoms with Gasteiger partial charge >= 0.3 is 0 Å². The summed E-state index contributed by atoms with van der Waals surface area (Å²) in [5, 5.41) is 11.0. The van der Waals surface area contributed by atoms with Crippen LogP contribution in [0.2, 0.25) is 5.02 Å². The van der Waals surface area contributed by atoms with E-state index < -0.39 is 0 Å². The fraction of sp³-hybridized carbons (Fsp3) is 0.571. The first-order valence-corrected chi connectivity index (χ1v) is 6.56. The minimum absolute atomic E-state index is 0.159. The Balaban J connectivity index is 1.63. The normalized spacial score (nSPS) is 33.5. The van der Waals surface area contributed by atoms with Gasteiger partial charge in [-0.2, -0.15) is 0 Å². The van der Waals surface area contributed by atoms with Crippen molar-refractivity contribution in [2.75, 3.05) is 0 Å². The van der Waals surface area contributed by atoms with Crippen molar-refractivity contribution in [1.29, 1.82) is 0 Å². The van der Waals surface area contributed by atoms with Gasteiger partial charge in [-0.3, -0.25) is 0 Å². The molecule has 2 saturated carbocycles. The van der Waals surface area contributed by atoms with Crippen LogP contribution < -0.4 is 0 Å². The van der Waals surface area contributed by atoms with Gasteiger partial charge in [0.25, 0.3) is 0 Å². The molecule has 2 fully saturated rings. The van der Waals surface area contributed by atoms with E-state index in [1.54, 1.807) is 0 Å². The van der Waals surface area contributed by atoms with Gasteiger partial charge in [-0.05, 0) is 54.7 Å². The molecular weight excluding hydrogens is 220 g/mol. The summed E-state index contributed by atoms with van der Waals surface area (Å²) in [6.45, 7) is 0. The van der Waals surface area contributed by atoms with Gasteiger partial charge < -0.3 is 5.11 Å². The molecule has 2 aliphatic carbocycles. The quantitative estimate of drug-likeness (QED) is 0.854. The molecule has 2 heteroatoms. The fourth-order valence-corrected chi connectivity index (χ4v) is 3.70. The van der Waals surface area contributed by atoms with E-state index in [0.29, 0.717) is 5.92 Å². The van der Waals surface area contributed by atoms with Gasteiger partial charge in [-0.25, -0.2) is 0 Å². The average Bonchev–Trinajstić information content (AvgIpc) is 2.73. The average molecular weight is 237 g/mol. The Labute approximate surface area is 101 Å². The second-order valence-corrected chi connectivity index (χ2v) is 5.67. The van der Waals surface area contributed by atoms with Crippen molar-refractivity contribution in [3.05, 3.63) is 34.9 Å². The molecule has 2 aliphatic rings. The molecule has 3 atom stereocenters. The minimum Gasteiger partial charge on any atom is -0.392 e. The van der Waals surface area contributed by atoms with E-state index in [1.807, 2.05) is 24.3 Å². The highest BCUT2D eigenvalue weighted by atomic mass is 35.5. The SMILES string of the molecule is OC(Cc1cccc(Cl)c1)C1C2CCCC21. The van der Waals surface area contributed by atoms with Crippen molar-refractivity contribution in [1.82, 2.24) is 0 Å². The molecule has 86 valence electrons. The summed E-state index contributed by atoms with van der Waals surface area (Å²) in [6, 6.07) is 7.84. The number of fused-ring (bicyclic) bond motifs is 1. The van der Waals surface area contributed by atoms with Crippen LogP contribution >= 0.6 is 11.6 Å². The van der Waals surface area contributed by atoms with Gasteiger partial charge in [-0.15, -0.1) is 0 Å². The van der Waals surface area contributed by atoms with Gasteiger partial charge in [0.2, 0.25) is 0 Å². The van der Waals surface area contributed by atoms with E-state index in [4.69, 9.17) is 11.6 Å². The van der Waals surface area contributed by atoms with Crippen LogP contribution in [0.25, 0.3) is 0 Å². The summed E-state index contributed by atoms with van der Waals surface area (Å²) in [5.74, 6) is 2.23. The molecule has 1 N–H and O–H groups in total. The predicted octanol–water partition coefficient (Wildman–Crippen LogP) is 3.29. The zero-order valence-corrected chi connectivity index (χ0v) is 10.0. The van der Waals surface area contributed by atoms with Gasteiger partial charge in [0.15, 0.2) is 0 Å². The Morgan fingerprint density at radius 1 is 1.31 bits per heavy atom. The second kappa shape index (κ2) is 4.05. The summed E-state index contributed by atoms with van der Waals surface area (Å²) >= 11 is 5.94. The van der Waals surface area contributed by atoms with Crippen molar-refractivity contribution >= 4 is 11.6 Å². The minimum atomic E-state index is -0.159. The fourth-order valence-electron chi connectivity index (χ4n) is 3.49. The Morgan fingerprint density at radius 3 is 2.75 bits per heavy atom. The van der Waals surface area contributed by atoms with Crippen LogP contribution in [0, 0.1) is 17.8 Å². The van der Waals surface area contributed by atoms with E-state index in [0.717, 1.165) is 28.8 Å². The molecule has 16 heavy (non-hydrogen) atoms. The maximum atomic E-state index is 10.2. The number of rotatable bonds is 3. The van der Waals surface area contributed by atoms with Crippen molar-refractivity contribution in [3.63, 3.8) is 0 Å². The van der Waals surface area contributed by atoms with Crippen LogP contribution in [0.5, 0.6) is 0 Å². The number of hydrogen-bond acceptors (Lipinski definition) is 1. The molecule has 0 bridgehead atoms. The molecule has 0 aromatic heterocycles. The Morgan fingerprint density at radius 2 is 2.06 bits per heavy atom. The standard InChI is InChI=1S/C14H17ClO/c15-10-4-1-3-9(7-10)8-13(16)14-11-5-2-6-12(11)14/h1,3-4,7,11-14,16H,2,5-6,8H2. The molecule has 1 aromatic carbocycles.